The SMILES string of the molecule is CCCCCCCCC(CCCCCCCC)(C(=O)O)C(C(=O)O)S(=O)(=O)O.CCCCCCCCC(CCCCCCCC)(C(=O)[O-])C(C(=O)[O-])S(=O)(=O)O.[Na+].[Na+]. The smallest absolute Gasteiger partial charge is 0.549 e. The third-order valence-electron chi connectivity index (χ3n) is 10.8. The van der Waals surface area contributed by atoms with Gasteiger partial charge in [-0.2, -0.15) is 16.8 Å². The largest absolute Gasteiger partial charge is 1.00 e. The first kappa shape index (κ1) is 64.3. The van der Waals surface area contributed by atoms with E-state index in [1.54, 1.807) is 0 Å². The maximum Gasteiger partial charge on any atom is 1.00 e. The molecule has 18 heteroatoms. The van der Waals surface area contributed by atoms with Gasteiger partial charge >= 0.3 is 71.1 Å². The third-order valence-corrected chi connectivity index (χ3v) is 13.3. The summed E-state index contributed by atoms with van der Waals surface area (Å²) in [5.74, 6) is -7.10. The first-order valence-electron chi connectivity index (χ1n) is 21.1. The van der Waals surface area contributed by atoms with Crippen LogP contribution in [-0.4, -0.2) is 70.5 Å². The number of carbonyl (C=O) groups excluding carboxylic acids is 2. The number of hydrogen-bond donors (Lipinski definition) is 4. The second-order valence-electron chi connectivity index (χ2n) is 15.4. The molecule has 0 bridgehead atoms. The molecule has 58 heavy (non-hydrogen) atoms. The predicted octanol–water partition coefficient (Wildman–Crippen LogP) is 1.14. The predicted molar refractivity (Wildman–Crippen MR) is 213 cm³/mol. The number of hydrogen-bond acceptors (Lipinski definition) is 10. The normalized spacial score (nSPS) is 12.9. The summed E-state index contributed by atoms with van der Waals surface area (Å²) in [6, 6.07) is 0. The van der Waals surface area contributed by atoms with Gasteiger partial charge in [-0.15, -0.1) is 0 Å². The molecular formula is C40H74Na2O14S2. The van der Waals surface area contributed by atoms with Crippen molar-refractivity contribution in [3.05, 3.63) is 0 Å². The molecule has 0 aromatic heterocycles. The summed E-state index contributed by atoms with van der Waals surface area (Å²) in [6.07, 6.45) is 19.8. The molecule has 0 aliphatic carbocycles. The monoisotopic (exact) mass is 888 g/mol. The van der Waals surface area contributed by atoms with Crippen LogP contribution in [0.3, 0.4) is 0 Å². The minimum absolute atomic E-state index is 0. The van der Waals surface area contributed by atoms with Crippen molar-refractivity contribution in [2.45, 2.75) is 218 Å². The molecular weight excluding hydrogens is 815 g/mol. The fourth-order valence-electron chi connectivity index (χ4n) is 7.58. The molecule has 0 aromatic carbocycles. The topological polar surface area (TPSA) is 264 Å². The molecule has 0 spiro atoms. The fourth-order valence-corrected chi connectivity index (χ4v) is 9.88. The van der Waals surface area contributed by atoms with Crippen LogP contribution in [0, 0.1) is 10.8 Å². The van der Waals surface area contributed by atoms with Gasteiger partial charge in [0.05, 0.1) is 11.4 Å². The Morgan fingerprint density at radius 1 is 0.448 bits per heavy atom. The Kier molecular flexibility index (Phi) is 40.2. The van der Waals surface area contributed by atoms with E-state index in [0.717, 1.165) is 103 Å². The van der Waals surface area contributed by atoms with Gasteiger partial charge in [-0.25, -0.2) is 0 Å². The summed E-state index contributed by atoms with van der Waals surface area (Å²) in [6.45, 7) is 8.30. The second-order valence-corrected chi connectivity index (χ2v) is 18.4. The van der Waals surface area contributed by atoms with E-state index < -0.39 is 65.4 Å². The van der Waals surface area contributed by atoms with Gasteiger partial charge < -0.3 is 30.0 Å². The Morgan fingerprint density at radius 3 is 0.879 bits per heavy atom. The Balaban J connectivity index is -0.000000486. The molecule has 2 unspecified atom stereocenters. The van der Waals surface area contributed by atoms with Crippen LogP contribution >= 0.6 is 0 Å². The number of carboxylic acids is 4. The van der Waals surface area contributed by atoms with Crippen LogP contribution < -0.4 is 69.3 Å². The number of rotatable bonds is 36. The number of carbonyl (C=O) groups is 4. The van der Waals surface area contributed by atoms with Crippen LogP contribution in [0.1, 0.15) is 207 Å². The fraction of sp³-hybridized carbons (Fsp3) is 0.900. The van der Waals surface area contributed by atoms with Crippen LogP contribution in [0.4, 0.5) is 0 Å². The van der Waals surface area contributed by atoms with Crippen LogP contribution in [0.15, 0.2) is 0 Å². The van der Waals surface area contributed by atoms with Gasteiger partial charge in [0.2, 0.25) is 0 Å². The molecule has 0 aromatic rings. The minimum atomic E-state index is -5.15. The number of aliphatic carboxylic acids is 4. The average Bonchev–Trinajstić information content (AvgIpc) is 3.08. The first-order valence-corrected chi connectivity index (χ1v) is 24.1. The van der Waals surface area contributed by atoms with Gasteiger partial charge in [-0.1, -0.05) is 182 Å². The van der Waals surface area contributed by atoms with E-state index in [-0.39, 0.29) is 84.8 Å². The van der Waals surface area contributed by atoms with E-state index in [2.05, 4.69) is 27.7 Å². The van der Waals surface area contributed by atoms with Gasteiger partial charge in [0.15, 0.2) is 5.25 Å². The Labute approximate surface area is 394 Å². The van der Waals surface area contributed by atoms with Gasteiger partial charge in [-0.05, 0) is 25.7 Å². The van der Waals surface area contributed by atoms with Crippen molar-refractivity contribution in [3.8, 4) is 0 Å². The van der Waals surface area contributed by atoms with Crippen LogP contribution in [-0.2, 0) is 39.4 Å². The van der Waals surface area contributed by atoms with E-state index in [4.69, 9.17) is 0 Å². The molecule has 0 saturated heterocycles. The molecule has 0 fully saturated rings. The zero-order valence-electron chi connectivity index (χ0n) is 36.6. The van der Waals surface area contributed by atoms with Crippen molar-refractivity contribution in [2.75, 3.05) is 0 Å². The summed E-state index contributed by atoms with van der Waals surface area (Å²) in [7, 11) is -10.2. The molecule has 2 atom stereocenters. The van der Waals surface area contributed by atoms with Crippen molar-refractivity contribution in [1.29, 1.82) is 0 Å². The zero-order chi connectivity index (χ0) is 43.3. The molecule has 0 amide bonds. The second kappa shape index (κ2) is 36.2. The maximum atomic E-state index is 12.1. The van der Waals surface area contributed by atoms with Gasteiger partial charge in [-0.3, -0.25) is 18.7 Å². The van der Waals surface area contributed by atoms with Crippen molar-refractivity contribution in [3.63, 3.8) is 0 Å². The maximum absolute atomic E-state index is 12.1. The van der Waals surface area contributed by atoms with Crippen molar-refractivity contribution < 1.29 is 125 Å². The molecule has 0 rings (SSSR count). The van der Waals surface area contributed by atoms with Gasteiger partial charge in [0, 0.05) is 11.4 Å². The van der Waals surface area contributed by atoms with E-state index in [1.165, 1.54) is 0 Å². The quantitative estimate of drug-likeness (QED) is 0.0391. The molecule has 0 radical (unpaired) electrons. The standard InChI is InChI=1S/2C20H38O7S.2Na/c2*1-3-5-7-9-11-13-15-20(19(23)24,16-14-12-10-8-6-4-2)17(18(21)22)28(25,26)27;;/h2*17H,3-16H2,1-2H3,(H,21,22)(H,23,24)(H,25,26,27);;/q;;2*+1/p-2. The Bertz CT molecular complexity index is 1190. The summed E-state index contributed by atoms with van der Waals surface area (Å²) in [4.78, 5) is 47.2. The molecule has 332 valence electrons. The Hall–Kier alpha value is -0.300. The summed E-state index contributed by atoms with van der Waals surface area (Å²) in [5.41, 5.74) is -4.18. The van der Waals surface area contributed by atoms with Crippen molar-refractivity contribution in [1.82, 2.24) is 0 Å². The molecule has 0 saturated carbocycles. The average molecular weight is 889 g/mol. The molecule has 4 N–H and O–H groups in total. The molecule has 0 aliphatic heterocycles. The summed E-state index contributed by atoms with van der Waals surface area (Å²) in [5, 5.41) is 37.9. The van der Waals surface area contributed by atoms with Crippen LogP contribution in [0.5, 0.6) is 0 Å². The molecule has 0 aliphatic rings. The molecule has 14 nitrogen and oxygen atoms in total. The van der Waals surface area contributed by atoms with Crippen LogP contribution in [0.2, 0.25) is 0 Å². The van der Waals surface area contributed by atoms with Crippen molar-refractivity contribution in [2.24, 2.45) is 10.8 Å². The summed E-state index contributed by atoms with van der Waals surface area (Å²) >= 11 is 0. The minimum Gasteiger partial charge on any atom is -0.549 e. The zero-order valence-corrected chi connectivity index (χ0v) is 42.3. The van der Waals surface area contributed by atoms with E-state index >= 15 is 0 Å². The van der Waals surface area contributed by atoms with Gasteiger partial charge in [0.25, 0.3) is 20.2 Å². The van der Waals surface area contributed by atoms with Crippen LogP contribution in [0.25, 0.3) is 0 Å². The number of carboxylic acid groups (broad SMARTS) is 4. The Morgan fingerprint density at radius 2 is 0.690 bits per heavy atom. The van der Waals surface area contributed by atoms with E-state index in [0.29, 0.717) is 51.4 Å². The number of unbranched alkanes of at least 4 members (excludes halogenated alkanes) is 20. The van der Waals surface area contributed by atoms with E-state index in [1.807, 2.05) is 0 Å². The van der Waals surface area contributed by atoms with Crippen molar-refractivity contribution >= 4 is 44.1 Å². The summed E-state index contributed by atoms with van der Waals surface area (Å²) < 4.78 is 65.9. The first-order chi connectivity index (χ1) is 26.3. The molecule has 0 heterocycles. The third kappa shape index (κ3) is 26.2. The van der Waals surface area contributed by atoms with E-state index in [9.17, 15) is 65.5 Å². The van der Waals surface area contributed by atoms with Gasteiger partial charge in [0.1, 0.15) is 5.25 Å².